The fraction of sp³-hybridized carbons (Fsp3) is 0.571. The van der Waals surface area contributed by atoms with E-state index in [4.69, 9.17) is 9.47 Å². The smallest absolute Gasteiger partial charge is 0.119 e. The first-order valence-corrected chi connectivity index (χ1v) is 7.20. The molecule has 0 bridgehead atoms. The van der Waals surface area contributed by atoms with Crippen molar-refractivity contribution in [3.63, 3.8) is 0 Å². The average molecular weight is 314 g/mol. The molecule has 1 aromatic rings. The lowest BCUT2D eigenvalue weighted by molar-refractivity contribution is 0.0205. The number of benzene rings is 1. The van der Waals surface area contributed by atoms with Gasteiger partial charge in [-0.25, -0.2) is 0 Å². The van der Waals surface area contributed by atoms with Crippen LogP contribution in [0, 0.1) is 0 Å². The molecule has 1 saturated heterocycles. The number of rotatable bonds is 6. The third-order valence-electron chi connectivity index (χ3n) is 3.16. The summed E-state index contributed by atoms with van der Waals surface area (Å²) in [6.45, 7) is 5.49. The van der Waals surface area contributed by atoms with Crippen LogP contribution in [0.4, 0.5) is 0 Å². The molecule has 1 N–H and O–H groups in total. The number of hydrogen-bond donors (Lipinski definition) is 1. The minimum absolute atomic E-state index is 0.0254. The summed E-state index contributed by atoms with van der Waals surface area (Å²) < 4.78 is 12.4. The Hall–Kier alpha value is -0.580. The molecular weight excluding hydrogens is 294 g/mol. The van der Waals surface area contributed by atoms with E-state index in [9.17, 15) is 0 Å². The number of nitrogens with one attached hydrogen (secondary N) is 1. The van der Waals surface area contributed by atoms with Gasteiger partial charge in [-0.15, -0.1) is 0 Å². The maximum absolute atomic E-state index is 5.71. The number of hydrogen-bond acceptors (Lipinski definition) is 3. The molecule has 1 atom stereocenters. The first kappa shape index (κ1) is 13.8. The normalized spacial score (nSPS) is 23.2. The van der Waals surface area contributed by atoms with Crippen LogP contribution in [0.1, 0.15) is 19.8 Å². The summed E-state index contributed by atoms with van der Waals surface area (Å²) >= 11 is 3.40. The van der Waals surface area contributed by atoms with E-state index in [2.05, 4.69) is 28.2 Å². The molecule has 1 aliphatic rings. The summed E-state index contributed by atoms with van der Waals surface area (Å²) in [6, 6.07) is 7.89. The summed E-state index contributed by atoms with van der Waals surface area (Å²) in [7, 11) is 0. The van der Waals surface area contributed by atoms with Crippen LogP contribution < -0.4 is 10.1 Å². The standard InChI is InChI=1S/C14H20BrNO2/c1-14(7-2-9-18-14)11-16-8-10-17-13-5-3-12(15)4-6-13/h3-6,16H,2,7-11H2,1H3. The van der Waals surface area contributed by atoms with Crippen LogP contribution >= 0.6 is 15.9 Å². The molecule has 1 aromatic carbocycles. The van der Waals surface area contributed by atoms with Gasteiger partial charge in [-0.3, -0.25) is 0 Å². The topological polar surface area (TPSA) is 30.5 Å². The lowest BCUT2D eigenvalue weighted by Gasteiger charge is -2.23. The zero-order valence-corrected chi connectivity index (χ0v) is 12.3. The zero-order chi connectivity index (χ0) is 12.8. The van der Waals surface area contributed by atoms with Crippen molar-refractivity contribution in [1.29, 1.82) is 0 Å². The van der Waals surface area contributed by atoms with Crippen LogP contribution in [-0.2, 0) is 4.74 Å². The fourth-order valence-electron chi connectivity index (χ4n) is 2.10. The van der Waals surface area contributed by atoms with Gasteiger partial charge in [0.15, 0.2) is 0 Å². The summed E-state index contributed by atoms with van der Waals surface area (Å²) in [5.41, 5.74) is 0.0254. The number of ether oxygens (including phenoxy) is 2. The van der Waals surface area contributed by atoms with E-state index < -0.39 is 0 Å². The third-order valence-corrected chi connectivity index (χ3v) is 3.69. The molecule has 4 heteroatoms. The van der Waals surface area contributed by atoms with Crippen LogP contribution in [0.2, 0.25) is 0 Å². The van der Waals surface area contributed by atoms with Gasteiger partial charge in [0, 0.05) is 24.2 Å². The van der Waals surface area contributed by atoms with E-state index in [1.807, 2.05) is 24.3 Å². The maximum atomic E-state index is 5.71. The molecule has 0 aliphatic carbocycles. The molecule has 3 nitrogen and oxygen atoms in total. The molecule has 1 heterocycles. The Balaban J connectivity index is 1.60. The molecule has 1 fully saturated rings. The Bertz CT molecular complexity index is 361. The largest absolute Gasteiger partial charge is 0.492 e. The van der Waals surface area contributed by atoms with Crippen molar-refractivity contribution in [3.05, 3.63) is 28.7 Å². The monoisotopic (exact) mass is 313 g/mol. The van der Waals surface area contributed by atoms with Crippen LogP contribution in [0.3, 0.4) is 0 Å². The molecule has 0 amide bonds. The average Bonchev–Trinajstić information content (AvgIpc) is 2.78. The minimum Gasteiger partial charge on any atom is -0.492 e. The van der Waals surface area contributed by atoms with Crippen LogP contribution in [0.25, 0.3) is 0 Å². The highest BCUT2D eigenvalue weighted by atomic mass is 79.9. The quantitative estimate of drug-likeness (QED) is 0.819. The van der Waals surface area contributed by atoms with E-state index in [0.29, 0.717) is 6.61 Å². The van der Waals surface area contributed by atoms with E-state index in [-0.39, 0.29) is 5.60 Å². The van der Waals surface area contributed by atoms with Crippen molar-refractivity contribution in [2.75, 3.05) is 26.3 Å². The maximum Gasteiger partial charge on any atom is 0.119 e. The second-order valence-electron chi connectivity index (χ2n) is 4.88. The molecule has 0 radical (unpaired) electrons. The second-order valence-corrected chi connectivity index (χ2v) is 5.80. The SMILES string of the molecule is CC1(CNCCOc2ccc(Br)cc2)CCCO1. The lowest BCUT2D eigenvalue weighted by Crippen LogP contribution is -2.38. The first-order chi connectivity index (χ1) is 8.68. The van der Waals surface area contributed by atoms with Crippen molar-refractivity contribution in [2.24, 2.45) is 0 Å². The van der Waals surface area contributed by atoms with Crippen molar-refractivity contribution in [1.82, 2.24) is 5.32 Å². The fourth-order valence-corrected chi connectivity index (χ4v) is 2.37. The van der Waals surface area contributed by atoms with Gasteiger partial charge < -0.3 is 14.8 Å². The Labute approximate surface area is 117 Å². The summed E-state index contributed by atoms with van der Waals surface area (Å²) in [4.78, 5) is 0. The zero-order valence-electron chi connectivity index (χ0n) is 10.7. The predicted molar refractivity (Wildman–Crippen MR) is 76.1 cm³/mol. The van der Waals surface area contributed by atoms with Gasteiger partial charge in [0.25, 0.3) is 0 Å². The Morgan fingerprint density at radius 2 is 2.17 bits per heavy atom. The van der Waals surface area contributed by atoms with E-state index in [1.165, 1.54) is 6.42 Å². The van der Waals surface area contributed by atoms with E-state index in [1.54, 1.807) is 0 Å². The highest BCUT2D eigenvalue weighted by molar-refractivity contribution is 9.10. The number of halogens is 1. The highest BCUT2D eigenvalue weighted by Crippen LogP contribution is 2.23. The molecule has 2 rings (SSSR count). The Kier molecular flexibility index (Phi) is 5.03. The summed E-state index contributed by atoms with van der Waals surface area (Å²) in [5, 5.41) is 3.39. The molecule has 0 spiro atoms. The molecule has 18 heavy (non-hydrogen) atoms. The van der Waals surface area contributed by atoms with Gasteiger partial charge in [-0.05, 0) is 44.0 Å². The highest BCUT2D eigenvalue weighted by Gasteiger charge is 2.28. The lowest BCUT2D eigenvalue weighted by atomic mass is 10.0. The van der Waals surface area contributed by atoms with Gasteiger partial charge in [0.2, 0.25) is 0 Å². The Morgan fingerprint density at radius 1 is 1.39 bits per heavy atom. The van der Waals surface area contributed by atoms with Crippen LogP contribution in [0.5, 0.6) is 5.75 Å². The summed E-state index contributed by atoms with van der Waals surface area (Å²) in [5.74, 6) is 0.906. The van der Waals surface area contributed by atoms with Gasteiger partial charge in [-0.2, -0.15) is 0 Å². The van der Waals surface area contributed by atoms with Crippen LogP contribution in [-0.4, -0.2) is 31.9 Å². The predicted octanol–water partition coefficient (Wildman–Crippen LogP) is 2.99. The van der Waals surface area contributed by atoms with Gasteiger partial charge in [0.05, 0.1) is 5.60 Å². The van der Waals surface area contributed by atoms with Gasteiger partial charge in [-0.1, -0.05) is 15.9 Å². The Morgan fingerprint density at radius 3 is 2.83 bits per heavy atom. The van der Waals surface area contributed by atoms with E-state index in [0.717, 1.165) is 36.3 Å². The van der Waals surface area contributed by atoms with Crippen molar-refractivity contribution < 1.29 is 9.47 Å². The van der Waals surface area contributed by atoms with E-state index >= 15 is 0 Å². The first-order valence-electron chi connectivity index (χ1n) is 6.41. The summed E-state index contributed by atoms with van der Waals surface area (Å²) in [6.07, 6.45) is 2.32. The molecule has 100 valence electrons. The van der Waals surface area contributed by atoms with Gasteiger partial charge in [0.1, 0.15) is 12.4 Å². The molecule has 1 aliphatic heterocycles. The molecule has 1 unspecified atom stereocenters. The van der Waals surface area contributed by atoms with Gasteiger partial charge >= 0.3 is 0 Å². The molecular formula is C14H20BrNO2. The minimum atomic E-state index is 0.0254. The van der Waals surface area contributed by atoms with Crippen LogP contribution in [0.15, 0.2) is 28.7 Å². The van der Waals surface area contributed by atoms with Crippen molar-refractivity contribution in [2.45, 2.75) is 25.4 Å². The van der Waals surface area contributed by atoms with Crippen molar-refractivity contribution in [3.8, 4) is 5.75 Å². The third kappa shape index (κ3) is 4.26. The molecule has 0 saturated carbocycles. The van der Waals surface area contributed by atoms with Crippen molar-refractivity contribution >= 4 is 15.9 Å². The molecule has 0 aromatic heterocycles. The second kappa shape index (κ2) is 6.55.